The first kappa shape index (κ1) is 18.9. The normalized spacial score (nSPS) is 16.5. The molecule has 0 spiro atoms. The van der Waals surface area contributed by atoms with E-state index in [2.05, 4.69) is 22.8 Å². The largest absolute Gasteiger partial charge is 0.338 e. The van der Waals surface area contributed by atoms with Crippen LogP contribution in [0.4, 0.5) is 0 Å². The van der Waals surface area contributed by atoms with E-state index in [1.165, 1.54) is 0 Å². The average Bonchev–Trinajstić information content (AvgIpc) is 3.31. The third kappa shape index (κ3) is 3.59. The number of fused-ring (bicyclic) bond motifs is 1. The number of likely N-dealkylation sites (tertiary alicyclic amines) is 1. The van der Waals surface area contributed by atoms with Gasteiger partial charge in [0.2, 0.25) is 5.91 Å². The predicted octanol–water partition coefficient (Wildman–Crippen LogP) is 5.25. The van der Waals surface area contributed by atoms with Crippen LogP contribution in [0.15, 0.2) is 78.9 Å². The van der Waals surface area contributed by atoms with E-state index in [-0.39, 0.29) is 11.8 Å². The van der Waals surface area contributed by atoms with Gasteiger partial charge >= 0.3 is 0 Å². The lowest BCUT2D eigenvalue weighted by Gasteiger charge is -2.17. The number of benzene rings is 3. The molecule has 1 aliphatic heterocycles. The first-order chi connectivity index (χ1) is 14.7. The molecule has 3 aromatic carbocycles. The first-order valence-electron chi connectivity index (χ1n) is 10.2. The van der Waals surface area contributed by atoms with E-state index in [1.54, 1.807) is 0 Å². The quantitative estimate of drug-likeness (QED) is 0.446. The van der Waals surface area contributed by atoms with Gasteiger partial charge in [-0.25, -0.2) is 4.98 Å². The number of halogens is 1. The number of carbonyl (C=O) groups is 1. The zero-order valence-electron chi connectivity index (χ0n) is 16.5. The van der Waals surface area contributed by atoms with Crippen LogP contribution in [0.25, 0.3) is 11.0 Å². The minimum atomic E-state index is 0.0658. The number of nitrogens with zero attached hydrogens (tertiary/aromatic N) is 3. The van der Waals surface area contributed by atoms with E-state index in [0.29, 0.717) is 26.1 Å². The number of rotatable bonds is 5. The Hall–Kier alpha value is -3.11. The lowest BCUT2D eigenvalue weighted by Crippen LogP contribution is -2.24. The van der Waals surface area contributed by atoms with Crippen molar-refractivity contribution >= 4 is 28.5 Å². The third-order valence-corrected chi connectivity index (χ3v) is 6.14. The molecule has 0 bridgehead atoms. The Morgan fingerprint density at radius 2 is 1.63 bits per heavy atom. The van der Waals surface area contributed by atoms with Gasteiger partial charge < -0.3 is 9.47 Å². The molecule has 30 heavy (non-hydrogen) atoms. The molecule has 4 aromatic rings. The summed E-state index contributed by atoms with van der Waals surface area (Å²) < 4.78 is 2.22. The fraction of sp³-hybridized carbons (Fsp3) is 0.200. The molecule has 1 atom stereocenters. The Morgan fingerprint density at radius 3 is 2.47 bits per heavy atom. The van der Waals surface area contributed by atoms with E-state index in [1.807, 2.05) is 65.6 Å². The fourth-order valence-corrected chi connectivity index (χ4v) is 4.47. The molecule has 1 aromatic heterocycles. The second-order valence-corrected chi connectivity index (χ2v) is 8.20. The second kappa shape index (κ2) is 7.96. The van der Waals surface area contributed by atoms with Crippen molar-refractivity contribution in [3.05, 3.63) is 101 Å². The van der Waals surface area contributed by atoms with E-state index in [4.69, 9.17) is 16.6 Å². The SMILES string of the molecule is O=C1CC(c2nc3ccccc3n2Cc2ccccc2Cl)CN1Cc1ccccc1. The van der Waals surface area contributed by atoms with Crippen molar-refractivity contribution in [2.75, 3.05) is 6.54 Å². The Morgan fingerprint density at radius 1 is 0.900 bits per heavy atom. The molecule has 2 heterocycles. The molecule has 5 heteroatoms. The van der Waals surface area contributed by atoms with E-state index < -0.39 is 0 Å². The van der Waals surface area contributed by atoms with Crippen molar-refractivity contribution in [3.8, 4) is 0 Å². The molecule has 1 saturated heterocycles. The number of aromatic nitrogens is 2. The van der Waals surface area contributed by atoms with Crippen molar-refractivity contribution in [2.45, 2.75) is 25.4 Å². The van der Waals surface area contributed by atoms with Crippen LogP contribution < -0.4 is 0 Å². The maximum absolute atomic E-state index is 12.8. The highest BCUT2D eigenvalue weighted by molar-refractivity contribution is 6.31. The van der Waals surface area contributed by atoms with E-state index in [9.17, 15) is 4.79 Å². The summed E-state index contributed by atoms with van der Waals surface area (Å²) in [5.41, 5.74) is 4.22. The van der Waals surface area contributed by atoms with Crippen LogP contribution in [0.1, 0.15) is 29.3 Å². The number of amides is 1. The second-order valence-electron chi connectivity index (χ2n) is 7.80. The molecule has 150 valence electrons. The summed E-state index contributed by atoms with van der Waals surface area (Å²) in [7, 11) is 0. The Kier molecular flexibility index (Phi) is 5.01. The Labute approximate surface area is 180 Å². The van der Waals surface area contributed by atoms with Crippen molar-refractivity contribution in [1.82, 2.24) is 14.5 Å². The molecule has 0 saturated carbocycles. The van der Waals surface area contributed by atoms with Gasteiger partial charge in [-0.15, -0.1) is 0 Å². The van der Waals surface area contributed by atoms with Gasteiger partial charge in [-0.3, -0.25) is 4.79 Å². The number of imidazole rings is 1. The van der Waals surface area contributed by atoms with Gasteiger partial charge in [0.25, 0.3) is 0 Å². The van der Waals surface area contributed by atoms with Crippen molar-refractivity contribution in [2.24, 2.45) is 0 Å². The minimum absolute atomic E-state index is 0.0658. The highest BCUT2D eigenvalue weighted by Gasteiger charge is 2.34. The molecular weight excluding hydrogens is 394 g/mol. The number of hydrogen-bond acceptors (Lipinski definition) is 2. The fourth-order valence-electron chi connectivity index (χ4n) is 4.27. The number of para-hydroxylation sites is 2. The highest BCUT2D eigenvalue weighted by Crippen LogP contribution is 2.32. The zero-order chi connectivity index (χ0) is 20.5. The molecule has 0 radical (unpaired) electrons. The average molecular weight is 416 g/mol. The molecule has 0 aliphatic carbocycles. The van der Waals surface area contributed by atoms with Crippen LogP contribution >= 0.6 is 11.6 Å². The van der Waals surface area contributed by atoms with Gasteiger partial charge in [-0.05, 0) is 29.3 Å². The summed E-state index contributed by atoms with van der Waals surface area (Å²) in [6, 6.07) is 26.2. The van der Waals surface area contributed by atoms with Gasteiger partial charge in [0.1, 0.15) is 5.82 Å². The molecular formula is C25H22ClN3O. The summed E-state index contributed by atoms with van der Waals surface area (Å²) in [6.07, 6.45) is 0.485. The zero-order valence-corrected chi connectivity index (χ0v) is 17.3. The number of hydrogen-bond donors (Lipinski definition) is 0. The molecule has 5 rings (SSSR count). The predicted molar refractivity (Wildman–Crippen MR) is 120 cm³/mol. The number of carbonyl (C=O) groups excluding carboxylic acids is 1. The van der Waals surface area contributed by atoms with Crippen molar-refractivity contribution < 1.29 is 4.79 Å². The summed E-state index contributed by atoms with van der Waals surface area (Å²) >= 11 is 6.44. The van der Waals surface area contributed by atoms with Crippen LogP contribution in [0.3, 0.4) is 0 Å². The van der Waals surface area contributed by atoms with Crippen molar-refractivity contribution in [3.63, 3.8) is 0 Å². The smallest absolute Gasteiger partial charge is 0.223 e. The van der Waals surface area contributed by atoms with Crippen LogP contribution in [-0.4, -0.2) is 26.9 Å². The molecule has 1 unspecified atom stereocenters. The standard InChI is InChI=1S/C25H22ClN3O/c26-21-11-5-4-10-19(21)17-29-23-13-7-6-12-22(23)27-25(29)20-14-24(30)28(16-20)15-18-8-2-1-3-9-18/h1-13,20H,14-17H2. The first-order valence-corrected chi connectivity index (χ1v) is 10.6. The maximum atomic E-state index is 12.8. The summed E-state index contributed by atoms with van der Waals surface area (Å²) in [5.74, 6) is 1.20. The summed E-state index contributed by atoms with van der Waals surface area (Å²) in [6.45, 7) is 1.96. The van der Waals surface area contributed by atoms with E-state index in [0.717, 1.165) is 33.0 Å². The van der Waals surface area contributed by atoms with Gasteiger partial charge in [0.05, 0.1) is 17.6 Å². The summed E-state index contributed by atoms with van der Waals surface area (Å²) in [5, 5.41) is 0.745. The van der Waals surface area contributed by atoms with Crippen LogP contribution in [0, 0.1) is 0 Å². The topological polar surface area (TPSA) is 38.1 Å². The van der Waals surface area contributed by atoms with Crippen LogP contribution in [0.5, 0.6) is 0 Å². The molecule has 1 fully saturated rings. The van der Waals surface area contributed by atoms with Gasteiger partial charge in [-0.2, -0.15) is 0 Å². The monoisotopic (exact) mass is 415 g/mol. The Balaban J connectivity index is 1.48. The Bertz CT molecular complexity index is 1200. The molecule has 1 aliphatic rings. The van der Waals surface area contributed by atoms with Crippen LogP contribution in [0.2, 0.25) is 5.02 Å². The highest BCUT2D eigenvalue weighted by atomic mass is 35.5. The summed E-state index contributed by atoms with van der Waals surface area (Å²) in [4.78, 5) is 19.7. The molecule has 0 N–H and O–H groups in total. The van der Waals surface area contributed by atoms with Gasteiger partial charge in [0, 0.05) is 30.5 Å². The molecule has 1 amide bonds. The lowest BCUT2D eigenvalue weighted by molar-refractivity contribution is -0.128. The van der Waals surface area contributed by atoms with Gasteiger partial charge in [0.15, 0.2) is 0 Å². The van der Waals surface area contributed by atoms with Crippen LogP contribution in [-0.2, 0) is 17.9 Å². The van der Waals surface area contributed by atoms with Gasteiger partial charge in [-0.1, -0.05) is 72.3 Å². The van der Waals surface area contributed by atoms with E-state index >= 15 is 0 Å². The lowest BCUT2D eigenvalue weighted by atomic mass is 10.1. The van der Waals surface area contributed by atoms with Crippen molar-refractivity contribution in [1.29, 1.82) is 0 Å². The maximum Gasteiger partial charge on any atom is 0.223 e. The molecule has 4 nitrogen and oxygen atoms in total. The third-order valence-electron chi connectivity index (χ3n) is 5.77. The minimum Gasteiger partial charge on any atom is -0.338 e.